The molecule has 9 rings (SSSR count). The molecule has 200 valence electrons. The Labute approximate surface area is 259 Å². The normalized spacial score (nSPS) is 18.1. The Morgan fingerprint density at radius 1 is 0.429 bits per heavy atom. The number of benzene rings is 6. The molecule has 0 bridgehead atoms. The molecule has 0 amide bonds. The molecule has 0 aromatic heterocycles. The Morgan fingerprint density at radius 2 is 0.976 bits per heavy atom. The van der Waals surface area contributed by atoms with Gasteiger partial charge < -0.3 is 0 Å². The van der Waals surface area contributed by atoms with E-state index in [-0.39, 0.29) is 5.41 Å². The molecular formula is C40H27BrS. The summed E-state index contributed by atoms with van der Waals surface area (Å²) in [5.74, 6) is 0. The van der Waals surface area contributed by atoms with Crippen LogP contribution in [0, 0.1) is 0 Å². The molecule has 0 saturated carbocycles. The second kappa shape index (κ2) is 8.60. The molecule has 1 atom stereocenters. The standard InChI is InChI=1S/C40H27BrS/c1-39(2)31-15-7-5-14-28(31)30-22-36-38(23-35(30)39)42-37-18-10-9-17-34(37)40(36)32-16-8-6-13-27(32)25-11-3-4-12-26(25)29-21-24(41)19-20-33(29)40/h3-23H,1-2H3. The van der Waals surface area contributed by atoms with Crippen molar-refractivity contribution in [2.75, 3.05) is 0 Å². The fourth-order valence-corrected chi connectivity index (χ4v) is 9.60. The third-order valence-electron chi connectivity index (χ3n) is 9.82. The summed E-state index contributed by atoms with van der Waals surface area (Å²) in [5.41, 5.74) is 15.6. The van der Waals surface area contributed by atoms with Gasteiger partial charge in [0.1, 0.15) is 0 Å². The Kier molecular flexibility index (Phi) is 5.06. The minimum Gasteiger partial charge on any atom is -0.0894 e. The molecule has 0 N–H and O–H groups in total. The Morgan fingerprint density at radius 3 is 1.74 bits per heavy atom. The third-order valence-corrected chi connectivity index (χ3v) is 11.4. The number of halogens is 1. The zero-order valence-electron chi connectivity index (χ0n) is 23.4. The van der Waals surface area contributed by atoms with Gasteiger partial charge >= 0.3 is 0 Å². The lowest BCUT2D eigenvalue weighted by molar-refractivity contribution is 0.653. The summed E-state index contributed by atoms with van der Waals surface area (Å²) in [6.45, 7) is 4.76. The van der Waals surface area contributed by atoms with Crippen molar-refractivity contribution < 1.29 is 0 Å². The fourth-order valence-electron chi connectivity index (χ4n) is 8.02. The van der Waals surface area contributed by atoms with E-state index >= 15 is 0 Å². The quantitative estimate of drug-likeness (QED) is 0.163. The van der Waals surface area contributed by atoms with Crippen LogP contribution in [-0.2, 0) is 10.8 Å². The van der Waals surface area contributed by atoms with Gasteiger partial charge in [-0.2, -0.15) is 0 Å². The molecule has 1 spiro atoms. The maximum atomic E-state index is 3.85. The van der Waals surface area contributed by atoms with E-state index in [1.54, 1.807) is 0 Å². The van der Waals surface area contributed by atoms with Crippen molar-refractivity contribution in [2.24, 2.45) is 0 Å². The molecule has 0 fully saturated rings. The molecule has 0 saturated heterocycles. The molecule has 2 heteroatoms. The highest BCUT2D eigenvalue weighted by Crippen LogP contribution is 2.63. The van der Waals surface area contributed by atoms with E-state index in [4.69, 9.17) is 0 Å². The van der Waals surface area contributed by atoms with Gasteiger partial charge in [-0.05, 0) is 97.1 Å². The molecule has 0 nitrogen and oxygen atoms in total. The lowest BCUT2D eigenvalue weighted by Crippen LogP contribution is -2.35. The van der Waals surface area contributed by atoms with Gasteiger partial charge in [0, 0.05) is 19.7 Å². The fraction of sp³-hybridized carbons (Fsp3) is 0.100. The highest BCUT2D eigenvalue weighted by molar-refractivity contribution is 9.10. The van der Waals surface area contributed by atoms with Gasteiger partial charge in [0.2, 0.25) is 0 Å². The average molecular weight is 620 g/mol. The topological polar surface area (TPSA) is 0 Å². The molecule has 42 heavy (non-hydrogen) atoms. The molecular weight excluding hydrogens is 592 g/mol. The van der Waals surface area contributed by atoms with Crippen LogP contribution in [-0.4, -0.2) is 0 Å². The third kappa shape index (κ3) is 3.04. The number of hydrogen-bond donors (Lipinski definition) is 0. The second-order valence-corrected chi connectivity index (χ2v) is 14.2. The first-order valence-electron chi connectivity index (χ1n) is 14.5. The van der Waals surface area contributed by atoms with Crippen molar-refractivity contribution in [1.29, 1.82) is 0 Å². The summed E-state index contributed by atoms with van der Waals surface area (Å²) in [7, 11) is 0. The van der Waals surface area contributed by atoms with E-state index in [9.17, 15) is 0 Å². The molecule has 0 radical (unpaired) electrons. The van der Waals surface area contributed by atoms with Crippen molar-refractivity contribution in [3.8, 4) is 33.4 Å². The van der Waals surface area contributed by atoms with Crippen LogP contribution in [0.15, 0.2) is 142 Å². The predicted molar refractivity (Wildman–Crippen MR) is 179 cm³/mol. The van der Waals surface area contributed by atoms with Crippen molar-refractivity contribution in [3.05, 3.63) is 165 Å². The van der Waals surface area contributed by atoms with Crippen molar-refractivity contribution in [3.63, 3.8) is 0 Å². The number of hydrogen-bond acceptors (Lipinski definition) is 1. The van der Waals surface area contributed by atoms with E-state index in [2.05, 4.69) is 157 Å². The van der Waals surface area contributed by atoms with Gasteiger partial charge in [0.25, 0.3) is 0 Å². The smallest absolute Gasteiger partial charge is 0.0735 e. The van der Waals surface area contributed by atoms with Gasteiger partial charge in [-0.25, -0.2) is 0 Å². The zero-order chi connectivity index (χ0) is 28.2. The Balaban J connectivity index is 1.51. The van der Waals surface area contributed by atoms with Crippen LogP contribution in [0.1, 0.15) is 47.2 Å². The van der Waals surface area contributed by atoms with Crippen LogP contribution in [0.25, 0.3) is 33.4 Å². The maximum Gasteiger partial charge on any atom is 0.0735 e. The molecule has 3 aliphatic rings. The van der Waals surface area contributed by atoms with Crippen LogP contribution in [0.3, 0.4) is 0 Å². The summed E-state index contributed by atoms with van der Waals surface area (Å²) in [6.07, 6.45) is 0. The van der Waals surface area contributed by atoms with Crippen LogP contribution < -0.4 is 0 Å². The minimum atomic E-state index is -0.487. The van der Waals surface area contributed by atoms with Crippen LogP contribution in [0.2, 0.25) is 0 Å². The van der Waals surface area contributed by atoms with Gasteiger partial charge in [0.05, 0.1) is 5.41 Å². The average Bonchev–Trinajstić information content (AvgIpc) is 3.18. The minimum absolute atomic E-state index is 0.0496. The molecule has 2 aliphatic carbocycles. The van der Waals surface area contributed by atoms with E-state index in [1.807, 2.05) is 11.8 Å². The summed E-state index contributed by atoms with van der Waals surface area (Å²) in [5, 5.41) is 0. The van der Waals surface area contributed by atoms with Gasteiger partial charge in [0.15, 0.2) is 0 Å². The predicted octanol–water partition coefficient (Wildman–Crippen LogP) is 11.3. The van der Waals surface area contributed by atoms with Crippen molar-refractivity contribution in [1.82, 2.24) is 0 Å². The summed E-state index contributed by atoms with van der Waals surface area (Å²) in [6, 6.07) is 48.2. The monoisotopic (exact) mass is 618 g/mol. The highest BCUT2D eigenvalue weighted by atomic mass is 79.9. The van der Waals surface area contributed by atoms with Crippen LogP contribution >= 0.6 is 27.7 Å². The zero-order valence-corrected chi connectivity index (χ0v) is 25.8. The van der Waals surface area contributed by atoms with Crippen molar-refractivity contribution in [2.45, 2.75) is 34.5 Å². The van der Waals surface area contributed by atoms with E-state index < -0.39 is 5.41 Å². The first-order valence-corrected chi connectivity index (χ1v) is 16.2. The van der Waals surface area contributed by atoms with Crippen LogP contribution in [0.5, 0.6) is 0 Å². The van der Waals surface area contributed by atoms with E-state index in [0.29, 0.717) is 0 Å². The van der Waals surface area contributed by atoms with Gasteiger partial charge in [-0.1, -0.05) is 139 Å². The maximum absolute atomic E-state index is 3.85. The Bertz CT molecular complexity index is 2120. The lowest BCUT2D eigenvalue weighted by Gasteiger charge is -2.43. The molecule has 6 aromatic carbocycles. The Hall–Kier alpha value is -3.85. The van der Waals surface area contributed by atoms with Crippen molar-refractivity contribution >= 4 is 27.7 Å². The largest absolute Gasteiger partial charge is 0.0894 e. The SMILES string of the molecule is CC1(C)c2ccccc2-c2cc3c(cc21)Sc1ccccc1C31c2ccccc2-c2ccccc2-c2cc(Br)ccc21. The van der Waals surface area contributed by atoms with E-state index in [1.165, 1.54) is 76.6 Å². The first-order chi connectivity index (χ1) is 20.5. The molecule has 1 unspecified atom stereocenters. The summed E-state index contributed by atoms with van der Waals surface area (Å²) < 4.78 is 1.10. The van der Waals surface area contributed by atoms with Gasteiger partial charge in [-0.15, -0.1) is 0 Å². The second-order valence-electron chi connectivity index (χ2n) is 12.2. The number of fused-ring (bicyclic) bond motifs is 14. The summed E-state index contributed by atoms with van der Waals surface area (Å²) in [4.78, 5) is 2.68. The molecule has 1 aliphatic heterocycles. The molecule has 1 heterocycles. The number of rotatable bonds is 0. The lowest BCUT2D eigenvalue weighted by atomic mass is 9.62. The highest BCUT2D eigenvalue weighted by Gasteiger charge is 2.49. The first kappa shape index (κ1) is 24.7. The molecule has 6 aromatic rings. The van der Waals surface area contributed by atoms with Crippen LogP contribution in [0.4, 0.5) is 0 Å². The van der Waals surface area contributed by atoms with E-state index in [0.717, 1.165) is 4.47 Å². The van der Waals surface area contributed by atoms with Gasteiger partial charge in [-0.3, -0.25) is 0 Å². The summed E-state index contributed by atoms with van der Waals surface area (Å²) >= 11 is 5.78.